The summed E-state index contributed by atoms with van der Waals surface area (Å²) in [6.45, 7) is 4.39. The number of nitrogens with one attached hydrogen (secondary N) is 1. The Morgan fingerprint density at radius 1 is 1.67 bits per heavy atom. The average molecular weight is 207 g/mol. The molecular weight excluding hydrogens is 186 g/mol. The number of hydrogen-bond donors (Lipinski definition) is 1. The van der Waals surface area contributed by atoms with Crippen LogP contribution in [0.3, 0.4) is 0 Å². The Kier molecular flexibility index (Phi) is 5.42. The fourth-order valence-electron chi connectivity index (χ4n) is 2.20. The first kappa shape index (κ1) is 12.3. The van der Waals surface area contributed by atoms with Gasteiger partial charge in [0, 0.05) is 19.3 Å². The summed E-state index contributed by atoms with van der Waals surface area (Å²) in [5.74, 6) is 4.02. The van der Waals surface area contributed by atoms with Crippen molar-refractivity contribution in [2.45, 2.75) is 39.0 Å². The molecular formula is C13H21NO. The Morgan fingerprint density at radius 2 is 2.47 bits per heavy atom. The molecule has 0 spiro atoms. The van der Waals surface area contributed by atoms with E-state index in [0.29, 0.717) is 36.9 Å². The highest BCUT2D eigenvalue weighted by molar-refractivity contribution is 5.78. The monoisotopic (exact) mass is 207 g/mol. The molecule has 1 heterocycles. The zero-order valence-electron chi connectivity index (χ0n) is 9.59. The van der Waals surface area contributed by atoms with E-state index in [9.17, 15) is 4.79 Å². The lowest BCUT2D eigenvalue weighted by Gasteiger charge is -2.27. The zero-order chi connectivity index (χ0) is 11.1. The van der Waals surface area contributed by atoms with Crippen molar-refractivity contribution in [1.29, 1.82) is 0 Å². The van der Waals surface area contributed by atoms with Gasteiger partial charge in [-0.2, -0.15) is 0 Å². The molecule has 0 aromatic carbocycles. The van der Waals surface area contributed by atoms with Crippen molar-refractivity contribution in [1.82, 2.24) is 5.32 Å². The van der Waals surface area contributed by atoms with Gasteiger partial charge in [-0.3, -0.25) is 4.79 Å². The van der Waals surface area contributed by atoms with Gasteiger partial charge in [0.1, 0.15) is 5.78 Å². The highest BCUT2D eigenvalue weighted by Gasteiger charge is 2.21. The molecule has 2 atom stereocenters. The smallest absolute Gasteiger partial charge is 0.134 e. The number of Topliss-reactive ketones (excluding diaryl/α,β-unsaturated/α-hetero) is 1. The molecule has 0 aliphatic carbocycles. The fourth-order valence-corrected chi connectivity index (χ4v) is 2.20. The molecule has 0 radical (unpaired) electrons. The van der Waals surface area contributed by atoms with E-state index in [4.69, 9.17) is 6.42 Å². The molecule has 84 valence electrons. The van der Waals surface area contributed by atoms with Crippen molar-refractivity contribution in [2.75, 3.05) is 13.1 Å². The van der Waals surface area contributed by atoms with E-state index in [0.717, 1.165) is 13.1 Å². The van der Waals surface area contributed by atoms with Crippen LogP contribution in [0.15, 0.2) is 0 Å². The van der Waals surface area contributed by atoms with Crippen molar-refractivity contribution in [3.8, 4) is 12.3 Å². The molecule has 1 aliphatic heterocycles. The quantitative estimate of drug-likeness (QED) is 0.699. The molecule has 0 amide bonds. The Morgan fingerprint density at radius 3 is 3.07 bits per heavy atom. The van der Waals surface area contributed by atoms with Crippen molar-refractivity contribution in [2.24, 2.45) is 11.8 Å². The first-order valence-corrected chi connectivity index (χ1v) is 5.90. The van der Waals surface area contributed by atoms with Gasteiger partial charge in [0.2, 0.25) is 0 Å². The summed E-state index contributed by atoms with van der Waals surface area (Å²) in [6, 6.07) is 0. The number of terminal acetylenes is 1. The largest absolute Gasteiger partial charge is 0.316 e. The van der Waals surface area contributed by atoms with Crippen LogP contribution >= 0.6 is 0 Å². The fraction of sp³-hybridized carbons (Fsp3) is 0.769. The Balaban J connectivity index is 2.24. The summed E-state index contributed by atoms with van der Waals surface area (Å²) in [6.07, 6.45) is 9.49. The second-order valence-electron chi connectivity index (χ2n) is 4.53. The van der Waals surface area contributed by atoms with Gasteiger partial charge in [-0.1, -0.05) is 6.92 Å². The highest BCUT2D eigenvalue weighted by atomic mass is 16.1. The molecule has 15 heavy (non-hydrogen) atoms. The lowest BCUT2D eigenvalue weighted by atomic mass is 9.84. The minimum absolute atomic E-state index is 0.325. The number of carbonyl (C=O) groups excluding carboxylic acids is 1. The lowest BCUT2D eigenvalue weighted by Crippen LogP contribution is -2.33. The summed E-state index contributed by atoms with van der Waals surface area (Å²) in [5.41, 5.74) is 0. The maximum absolute atomic E-state index is 11.5. The Labute approximate surface area is 92.8 Å². The predicted octanol–water partition coefficient (Wildman–Crippen LogP) is 1.99. The summed E-state index contributed by atoms with van der Waals surface area (Å²) in [4.78, 5) is 11.5. The molecule has 2 unspecified atom stereocenters. The predicted molar refractivity (Wildman–Crippen MR) is 62.4 cm³/mol. The summed E-state index contributed by atoms with van der Waals surface area (Å²) >= 11 is 0. The van der Waals surface area contributed by atoms with Crippen molar-refractivity contribution < 1.29 is 4.79 Å². The molecule has 2 nitrogen and oxygen atoms in total. The summed E-state index contributed by atoms with van der Waals surface area (Å²) < 4.78 is 0. The average Bonchev–Trinajstić information content (AvgIpc) is 2.27. The van der Waals surface area contributed by atoms with Crippen LogP contribution in [0.2, 0.25) is 0 Å². The molecule has 1 fully saturated rings. The van der Waals surface area contributed by atoms with Crippen LogP contribution in [0.25, 0.3) is 0 Å². The lowest BCUT2D eigenvalue weighted by molar-refractivity contribution is -0.120. The summed E-state index contributed by atoms with van der Waals surface area (Å²) in [7, 11) is 0. The number of carbonyl (C=O) groups is 1. The number of rotatable bonds is 5. The van der Waals surface area contributed by atoms with Crippen LogP contribution in [0, 0.1) is 24.2 Å². The van der Waals surface area contributed by atoms with Gasteiger partial charge >= 0.3 is 0 Å². The second kappa shape index (κ2) is 6.63. The zero-order valence-corrected chi connectivity index (χ0v) is 9.59. The second-order valence-corrected chi connectivity index (χ2v) is 4.53. The third kappa shape index (κ3) is 4.48. The van der Waals surface area contributed by atoms with E-state index in [2.05, 4.69) is 18.2 Å². The molecule has 2 heteroatoms. The van der Waals surface area contributed by atoms with E-state index in [1.807, 2.05) is 0 Å². The van der Waals surface area contributed by atoms with Gasteiger partial charge in [-0.05, 0) is 37.8 Å². The van der Waals surface area contributed by atoms with Crippen LogP contribution < -0.4 is 5.32 Å². The van der Waals surface area contributed by atoms with Gasteiger partial charge in [0.05, 0.1) is 0 Å². The van der Waals surface area contributed by atoms with Crippen LogP contribution in [-0.4, -0.2) is 18.9 Å². The topological polar surface area (TPSA) is 29.1 Å². The van der Waals surface area contributed by atoms with E-state index < -0.39 is 0 Å². The van der Waals surface area contributed by atoms with Gasteiger partial charge in [-0.15, -0.1) is 12.3 Å². The molecule has 0 aromatic heterocycles. The summed E-state index contributed by atoms with van der Waals surface area (Å²) in [5, 5.41) is 3.39. The number of piperidine rings is 1. The Hall–Kier alpha value is -0.810. The van der Waals surface area contributed by atoms with Crippen molar-refractivity contribution >= 4 is 5.78 Å². The molecule has 1 rings (SSSR count). The maximum atomic E-state index is 11.5. The third-order valence-corrected chi connectivity index (χ3v) is 3.24. The van der Waals surface area contributed by atoms with Crippen LogP contribution in [-0.2, 0) is 4.79 Å². The third-order valence-electron chi connectivity index (χ3n) is 3.24. The van der Waals surface area contributed by atoms with Gasteiger partial charge in [0.15, 0.2) is 0 Å². The molecule has 0 aromatic rings. The van der Waals surface area contributed by atoms with E-state index in [1.165, 1.54) is 12.8 Å². The normalized spacial score (nSPS) is 23.1. The van der Waals surface area contributed by atoms with Crippen LogP contribution in [0.5, 0.6) is 0 Å². The standard InChI is InChI=1S/C13H21NO/c1-3-4-7-13(15)9-11(2)12-6-5-8-14-10-12/h1,11-12,14H,4-10H2,2H3. The minimum atomic E-state index is 0.325. The van der Waals surface area contributed by atoms with Crippen LogP contribution in [0.1, 0.15) is 39.0 Å². The minimum Gasteiger partial charge on any atom is -0.316 e. The molecule has 1 N–H and O–H groups in total. The number of hydrogen-bond acceptors (Lipinski definition) is 2. The molecule has 0 saturated carbocycles. The molecule has 0 bridgehead atoms. The van der Waals surface area contributed by atoms with Crippen molar-refractivity contribution in [3.05, 3.63) is 0 Å². The first-order chi connectivity index (χ1) is 7.24. The molecule has 1 aliphatic rings. The first-order valence-electron chi connectivity index (χ1n) is 5.90. The highest BCUT2D eigenvalue weighted by Crippen LogP contribution is 2.23. The SMILES string of the molecule is C#CCCC(=O)CC(C)C1CCCNC1. The van der Waals surface area contributed by atoms with Gasteiger partial charge < -0.3 is 5.32 Å². The van der Waals surface area contributed by atoms with Crippen molar-refractivity contribution in [3.63, 3.8) is 0 Å². The van der Waals surface area contributed by atoms with E-state index in [-0.39, 0.29) is 0 Å². The molecule has 1 saturated heterocycles. The maximum Gasteiger partial charge on any atom is 0.134 e. The van der Waals surface area contributed by atoms with Gasteiger partial charge in [0.25, 0.3) is 0 Å². The van der Waals surface area contributed by atoms with Gasteiger partial charge in [-0.25, -0.2) is 0 Å². The van der Waals surface area contributed by atoms with E-state index >= 15 is 0 Å². The Bertz CT molecular complexity index is 235. The van der Waals surface area contributed by atoms with Crippen LogP contribution in [0.4, 0.5) is 0 Å². The van der Waals surface area contributed by atoms with E-state index in [1.54, 1.807) is 0 Å². The number of ketones is 1.